The summed E-state index contributed by atoms with van der Waals surface area (Å²) in [6.45, 7) is 3.65. The second-order valence-electron chi connectivity index (χ2n) is 6.82. The molecule has 24 heavy (non-hydrogen) atoms. The third-order valence-corrected chi connectivity index (χ3v) is 5.25. The predicted molar refractivity (Wildman–Crippen MR) is 89.1 cm³/mol. The fourth-order valence-electron chi connectivity index (χ4n) is 3.87. The molecule has 1 saturated heterocycles. The molecule has 130 valence electrons. The summed E-state index contributed by atoms with van der Waals surface area (Å²) in [5.74, 6) is 0.1000. The predicted octanol–water partition coefficient (Wildman–Crippen LogP) is 2.27. The van der Waals surface area contributed by atoms with Crippen LogP contribution in [0.5, 0.6) is 5.75 Å². The van der Waals surface area contributed by atoms with Crippen LogP contribution in [0.4, 0.5) is 4.79 Å². The van der Waals surface area contributed by atoms with Crippen LogP contribution in [-0.2, 0) is 4.79 Å². The molecule has 1 aliphatic heterocycles. The zero-order chi connectivity index (χ0) is 17.2. The summed E-state index contributed by atoms with van der Waals surface area (Å²) >= 11 is 0. The molecule has 6 nitrogen and oxygen atoms in total. The van der Waals surface area contributed by atoms with Crippen LogP contribution in [0.3, 0.4) is 0 Å². The number of nitrogens with zero attached hydrogens (tertiary/aromatic N) is 1. The summed E-state index contributed by atoms with van der Waals surface area (Å²) in [4.78, 5) is 25.5. The van der Waals surface area contributed by atoms with E-state index in [0.717, 1.165) is 18.6 Å². The maximum absolute atomic E-state index is 12.3. The number of carbonyl (C=O) groups is 2. The Balaban J connectivity index is 1.45. The zero-order valence-electron chi connectivity index (χ0n) is 14.0. The number of carboxylic acid groups (broad SMARTS) is 1. The molecule has 0 aromatic heterocycles. The van der Waals surface area contributed by atoms with Crippen molar-refractivity contribution in [1.29, 1.82) is 0 Å². The van der Waals surface area contributed by atoms with E-state index in [9.17, 15) is 14.7 Å². The van der Waals surface area contributed by atoms with E-state index in [2.05, 4.69) is 5.32 Å². The van der Waals surface area contributed by atoms with Crippen molar-refractivity contribution in [3.05, 3.63) is 29.8 Å². The third-order valence-electron chi connectivity index (χ3n) is 5.25. The lowest BCUT2D eigenvalue weighted by Crippen LogP contribution is -2.42. The van der Waals surface area contributed by atoms with Crippen molar-refractivity contribution in [3.63, 3.8) is 0 Å². The fourth-order valence-corrected chi connectivity index (χ4v) is 3.87. The number of carbonyl (C=O) groups excluding carboxylic acids is 1. The van der Waals surface area contributed by atoms with E-state index in [1.807, 2.05) is 31.2 Å². The van der Waals surface area contributed by atoms with Gasteiger partial charge in [0.2, 0.25) is 0 Å². The van der Waals surface area contributed by atoms with Gasteiger partial charge in [-0.1, -0.05) is 24.1 Å². The molecule has 2 fully saturated rings. The Labute approximate surface area is 141 Å². The molecule has 0 spiro atoms. The number of ether oxygens (including phenoxy) is 1. The van der Waals surface area contributed by atoms with Gasteiger partial charge in [0.25, 0.3) is 0 Å². The van der Waals surface area contributed by atoms with Crippen LogP contribution in [0.25, 0.3) is 0 Å². The van der Waals surface area contributed by atoms with Crippen molar-refractivity contribution in [2.24, 2.45) is 11.3 Å². The van der Waals surface area contributed by atoms with E-state index in [1.54, 1.807) is 4.90 Å². The molecule has 2 aliphatic rings. The van der Waals surface area contributed by atoms with Crippen LogP contribution >= 0.6 is 0 Å². The molecular weight excluding hydrogens is 308 g/mol. The first-order valence-electron chi connectivity index (χ1n) is 8.47. The second kappa shape index (κ2) is 6.71. The van der Waals surface area contributed by atoms with Gasteiger partial charge in [0, 0.05) is 13.1 Å². The normalized spacial score (nSPS) is 25.4. The molecule has 0 unspecified atom stereocenters. The number of urea groups is 1. The van der Waals surface area contributed by atoms with Gasteiger partial charge in [-0.2, -0.15) is 0 Å². The third kappa shape index (κ3) is 3.18. The number of aryl methyl sites for hydroxylation is 1. The summed E-state index contributed by atoms with van der Waals surface area (Å²) in [5, 5.41) is 12.4. The van der Waals surface area contributed by atoms with Crippen molar-refractivity contribution < 1.29 is 19.4 Å². The van der Waals surface area contributed by atoms with E-state index in [1.165, 1.54) is 5.56 Å². The number of carboxylic acids is 1. The second-order valence-corrected chi connectivity index (χ2v) is 6.82. The van der Waals surface area contributed by atoms with E-state index in [0.29, 0.717) is 32.7 Å². The molecule has 1 saturated carbocycles. The highest BCUT2D eigenvalue weighted by Crippen LogP contribution is 2.48. The highest BCUT2D eigenvalue weighted by molar-refractivity contribution is 5.80. The monoisotopic (exact) mass is 332 g/mol. The topological polar surface area (TPSA) is 78.9 Å². The molecule has 0 radical (unpaired) electrons. The average molecular weight is 332 g/mol. The molecule has 6 heteroatoms. The van der Waals surface area contributed by atoms with Gasteiger partial charge in [-0.3, -0.25) is 4.79 Å². The highest BCUT2D eigenvalue weighted by Gasteiger charge is 2.55. The van der Waals surface area contributed by atoms with Gasteiger partial charge in [0.05, 0.1) is 12.0 Å². The lowest BCUT2D eigenvalue weighted by Gasteiger charge is -2.23. The summed E-state index contributed by atoms with van der Waals surface area (Å²) in [7, 11) is 0. The van der Waals surface area contributed by atoms with Gasteiger partial charge < -0.3 is 20.1 Å². The largest absolute Gasteiger partial charge is 0.492 e. The van der Waals surface area contributed by atoms with Crippen molar-refractivity contribution in [3.8, 4) is 5.75 Å². The summed E-state index contributed by atoms with van der Waals surface area (Å²) in [5.41, 5.74) is 0.443. The van der Waals surface area contributed by atoms with Gasteiger partial charge >= 0.3 is 12.0 Å². The minimum atomic E-state index is -0.761. The quantitative estimate of drug-likeness (QED) is 0.811. The SMILES string of the molecule is Cc1ccc(OCCNC(=O)N2C[C@@H]3CCC[C@@]3(C(=O)O)C2)cc1. The summed E-state index contributed by atoms with van der Waals surface area (Å²) in [6, 6.07) is 7.55. The molecule has 3 rings (SSSR count). The van der Waals surface area contributed by atoms with E-state index < -0.39 is 11.4 Å². The van der Waals surface area contributed by atoms with Gasteiger partial charge in [0.1, 0.15) is 12.4 Å². The first-order chi connectivity index (χ1) is 11.5. The summed E-state index contributed by atoms with van der Waals surface area (Å²) < 4.78 is 5.58. The van der Waals surface area contributed by atoms with Crippen LogP contribution in [0.1, 0.15) is 24.8 Å². The van der Waals surface area contributed by atoms with Gasteiger partial charge in [0.15, 0.2) is 0 Å². The Morgan fingerprint density at radius 3 is 2.79 bits per heavy atom. The number of nitrogens with one attached hydrogen (secondary N) is 1. The van der Waals surface area contributed by atoms with Crippen molar-refractivity contribution in [2.75, 3.05) is 26.2 Å². The minimum Gasteiger partial charge on any atom is -0.492 e. The standard InChI is InChI=1S/C18H24N2O4/c1-13-4-6-15(7-5-13)24-10-9-19-17(23)20-11-14-3-2-8-18(14,12-20)16(21)22/h4-7,14H,2-3,8-12H2,1H3,(H,19,23)(H,21,22)/t14-,18+/m0/s1. The molecule has 1 aromatic carbocycles. The molecule has 2 N–H and O–H groups in total. The Hall–Kier alpha value is -2.24. The van der Waals surface area contributed by atoms with Crippen LogP contribution in [-0.4, -0.2) is 48.2 Å². The molecule has 1 aliphatic carbocycles. The molecule has 0 bridgehead atoms. The van der Waals surface area contributed by atoms with Gasteiger partial charge in [-0.25, -0.2) is 4.79 Å². The number of aliphatic carboxylic acids is 1. The molecular formula is C18H24N2O4. The Bertz CT molecular complexity index is 616. The van der Waals surface area contributed by atoms with E-state index in [-0.39, 0.29) is 11.9 Å². The highest BCUT2D eigenvalue weighted by atomic mass is 16.5. The first-order valence-corrected chi connectivity index (χ1v) is 8.47. The Morgan fingerprint density at radius 2 is 2.12 bits per heavy atom. The Morgan fingerprint density at radius 1 is 1.38 bits per heavy atom. The average Bonchev–Trinajstić information content (AvgIpc) is 3.11. The number of fused-ring (bicyclic) bond motifs is 1. The number of amides is 2. The first kappa shape index (κ1) is 16.6. The van der Waals surface area contributed by atoms with Crippen LogP contribution in [0, 0.1) is 18.3 Å². The van der Waals surface area contributed by atoms with Crippen molar-refractivity contribution in [1.82, 2.24) is 10.2 Å². The van der Waals surface area contributed by atoms with E-state index >= 15 is 0 Å². The lowest BCUT2D eigenvalue weighted by molar-refractivity contribution is -0.149. The lowest BCUT2D eigenvalue weighted by atomic mass is 9.81. The number of hydrogen-bond acceptors (Lipinski definition) is 3. The zero-order valence-corrected chi connectivity index (χ0v) is 14.0. The van der Waals surface area contributed by atoms with Crippen molar-refractivity contribution in [2.45, 2.75) is 26.2 Å². The van der Waals surface area contributed by atoms with E-state index in [4.69, 9.17) is 4.74 Å². The van der Waals surface area contributed by atoms with Crippen LogP contribution < -0.4 is 10.1 Å². The fraction of sp³-hybridized carbons (Fsp3) is 0.556. The summed E-state index contributed by atoms with van der Waals surface area (Å²) in [6.07, 6.45) is 2.51. The number of benzene rings is 1. The Kier molecular flexibility index (Phi) is 4.64. The molecule has 1 aromatic rings. The van der Waals surface area contributed by atoms with Crippen LogP contribution in [0.2, 0.25) is 0 Å². The molecule has 2 atom stereocenters. The maximum Gasteiger partial charge on any atom is 0.317 e. The minimum absolute atomic E-state index is 0.0876. The van der Waals surface area contributed by atoms with Gasteiger partial charge in [-0.05, 0) is 37.8 Å². The van der Waals surface area contributed by atoms with Gasteiger partial charge in [-0.15, -0.1) is 0 Å². The molecule has 2 amide bonds. The molecule has 1 heterocycles. The smallest absolute Gasteiger partial charge is 0.317 e. The number of rotatable bonds is 5. The van der Waals surface area contributed by atoms with Crippen LogP contribution in [0.15, 0.2) is 24.3 Å². The van der Waals surface area contributed by atoms with Crippen molar-refractivity contribution >= 4 is 12.0 Å². The maximum atomic E-state index is 12.3. The number of hydrogen-bond donors (Lipinski definition) is 2. The number of likely N-dealkylation sites (tertiary alicyclic amines) is 1.